The number of halogens is 2. The van der Waals surface area contributed by atoms with Gasteiger partial charge in [0.2, 0.25) is 0 Å². The van der Waals surface area contributed by atoms with E-state index in [1.165, 1.54) is 5.56 Å². The lowest BCUT2D eigenvalue weighted by atomic mass is 10.1. The average Bonchev–Trinajstić information content (AvgIpc) is 2.92. The maximum atomic E-state index is 5.89. The molecule has 0 aliphatic rings. The number of guanidine groups is 1. The molecule has 0 unspecified atom stereocenters. The summed E-state index contributed by atoms with van der Waals surface area (Å²) in [5.41, 5.74) is 2.33. The van der Waals surface area contributed by atoms with Gasteiger partial charge < -0.3 is 10.6 Å². The molecule has 0 aliphatic carbocycles. The number of hydrogen-bond donors (Lipinski definition) is 2. The number of nitrogens with one attached hydrogen (secondary N) is 2. The first-order chi connectivity index (χ1) is 10.7. The minimum Gasteiger partial charge on any atom is -0.357 e. The van der Waals surface area contributed by atoms with Gasteiger partial charge in [0.15, 0.2) is 5.96 Å². The van der Waals surface area contributed by atoms with Gasteiger partial charge >= 0.3 is 0 Å². The van der Waals surface area contributed by atoms with E-state index in [9.17, 15) is 0 Å². The number of hydrogen-bond acceptors (Lipinski definition) is 2. The molecule has 126 valence electrons. The van der Waals surface area contributed by atoms with E-state index in [4.69, 9.17) is 11.6 Å². The van der Waals surface area contributed by atoms with E-state index in [0.717, 1.165) is 36.2 Å². The highest BCUT2D eigenvalue weighted by atomic mass is 127. The van der Waals surface area contributed by atoms with Gasteiger partial charge in [0.1, 0.15) is 0 Å². The zero-order valence-corrected chi connectivity index (χ0v) is 16.5. The van der Waals surface area contributed by atoms with Crippen LogP contribution in [-0.2, 0) is 20.0 Å². The van der Waals surface area contributed by atoms with E-state index in [1.807, 2.05) is 42.1 Å². The van der Waals surface area contributed by atoms with Gasteiger partial charge in [-0.3, -0.25) is 4.68 Å². The Balaban J connectivity index is 0.00000264. The third-order valence-electron chi connectivity index (χ3n) is 3.29. The van der Waals surface area contributed by atoms with Gasteiger partial charge in [0.25, 0.3) is 0 Å². The van der Waals surface area contributed by atoms with Crippen LogP contribution in [0.5, 0.6) is 0 Å². The second kappa shape index (κ2) is 10.5. The fraction of sp³-hybridized carbons (Fsp3) is 0.375. The maximum Gasteiger partial charge on any atom is 0.191 e. The van der Waals surface area contributed by atoms with Crippen molar-refractivity contribution in [2.45, 2.75) is 19.9 Å². The predicted molar refractivity (Wildman–Crippen MR) is 107 cm³/mol. The van der Waals surface area contributed by atoms with E-state index in [-0.39, 0.29) is 24.0 Å². The van der Waals surface area contributed by atoms with Gasteiger partial charge in [0.05, 0.1) is 12.2 Å². The molecule has 23 heavy (non-hydrogen) atoms. The molecule has 0 atom stereocenters. The van der Waals surface area contributed by atoms with E-state index in [0.29, 0.717) is 6.54 Å². The Kier molecular flexibility index (Phi) is 9.01. The number of aryl methyl sites for hydroxylation is 1. The summed E-state index contributed by atoms with van der Waals surface area (Å²) >= 11 is 5.89. The molecule has 0 spiro atoms. The van der Waals surface area contributed by atoms with Crippen LogP contribution in [-0.4, -0.2) is 28.8 Å². The molecule has 5 nitrogen and oxygen atoms in total. The third-order valence-corrected chi connectivity index (χ3v) is 3.54. The first-order valence-corrected chi connectivity index (χ1v) is 7.80. The Hall–Kier alpha value is -1.28. The van der Waals surface area contributed by atoms with Crippen LogP contribution in [0.3, 0.4) is 0 Å². The highest BCUT2D eigenvalue weighted by molar-refractivity contribution is 14.0. The van der Waals surface area contributed by atoms with Crippen molar-refractivity contribution in [2.24, 2.45) is 12.0 Å². The minimum absolute atomic E-state index is 0. The van der Waals surface area contributed by atoms with Gasteiger partial charge in [-0.2, -0.15) is 5.10 Å². The quantitative estimate of drug-likeness (QED) is 0.407. The van der Waals surface area contributed by atoms with Gasteiger partial charge in [-0.15, -0.1) is 24.0 Å². The molecule has 0 aliphatic heterocycles. The summed E-state index contributed by atoms with van der Waals surface area (Å²) in [4.78, 5) is 4.57. The van der Waals surface area contributed by atoms with Gasteiger partial charge in [-0.1, -0.05) is 23.7 Å². The number of aromatic nitrogens is 2. The van der Waals surface area contributed by atoms with Crippen molar-refractivity contribution in [3.63, 3.8) is 0 Å². The van der Waals surface area contributed by atoms with Crippen molar-refractivity contribution >= 4 is 41.5 Å². The van der Waals surface area contributed by atoms with Crippen LogP contribution in [0.2, 0.25) is 5.02 Å². The van der Waals surface area contributed by atoms with Crippen molar-refractivity contribution < 1.29 is 0 Å². The molecular formula is C16H23ClIN5. The largest absolute Gasteiger partial charge is 0.357 e. The maximum absolute atomic E-state index is 5.89. The molecule has 0 saturated carbocycles. The van der Waals surface area contributed by atoms with Crippen LogP contribution in [0.1, 0.15) is 18.2 Å². The summed E-state index contributed by atoms with van der Waals surface area (Å²) in [5, 5.41) is 11.5. The molecule has 0 fully saturated rings. The Labute approximate surface area is 159 Å². The van der Waals surface area contributed by atoms with Gasteiger partial charge in [-0.25, -0.2) is 4.99 Å². The average molecular weight is 448 g/mol. The Morgan fingerprint density at radius 3 is 2.57 bits per heavy atom. The highest BCUT2D eigenvalue weighted by Gasteiger charge is 2.00. The first kappa shape index (κ1) is 19.8. The standard InChI is InChI=1S/C16H22ClN5.HI/c1-3-18-16(20-12-15-9-11-21-22(15)2)19-10-8-13-4-6-14(17)7-5-13;/h4-7,9,11H,3,8,10,12H2,1-2H3,(H2,18,19,20);1H. The summed E-state index contributed by atoms with van der Waals surface area (Å²) in [6.07, 6.45) is 2.71. The predicted octanol–water partition coefficient (Wildman–Crippen LogP) is 2.99. The van der Waals surface area contributed by atoms with Crippen LogP contribution in [0.4, 0.5) is 0 Å². The van der Waals surface area contributed by atoms with Gasteiger partial charge in [-0.05, 0) is 37.1 Å². The SMILES string of the molecule is CCNC(=NCc1ccnn1C)NCCc1ccc(Cl)cc1.I. The van der Waals surface area contributed by atoms with E-state index in [1.54, 1.807) is 6.20 Å². The molecule has 2 aromatic rings. The number of aliphatic imine (C=N–C) groups is 1. The zero-order valence-electron chi connectivity index (χ0n) is 13.4. The lowest BCUT2D eigenvalue weighted by Gasteiger charge is -2.11. The highest BCUT2D eigenvalue weighted by Crippen LogP contribution is 2.09. The lowest BCUT2D eigenvalue weighted by molar-refractivity contribution is 0.707. The van der Waals surface area contributed by atoms with Crippen molar-refractivity contribution in [3.8, 4) is 0 Å². The summed E-state index contributed by atoms with van der Waals surface area (Å²) in [6, 6.07) is 9.89. The topological polar surface area (TPSA) is 54.2 Å². The first-order valence-electron chi connectivity index (χ1n) is 7.42. The number of benzene rings is 1. The summed E-state index contributed by atoms with van der Waals surface area (Å²) in [7, 11) is 1.92. The lowest BCUT2D eigenvalue weighted by Crippen LogP contribution is -2.38. The second-order valence-electron chi connectivity index (χ2n) is 4.94. The molecule has 0 bridgehead atoms. The smallest absolute Gasteiger partial charge is 0.191 e. The van der Waals surface area contributed by atoms with Crippen LogP contribution >= 0.6 is 35.6 Å². The fourth-order valence-electron chi connectivity index (χ4n) is 2.03. The molecule has 1 heterocycles. The summed E-state index contributed by atoms with van der Waals surface area (Å²) in [6.45, 7) is 4.31. The fourth-order valence-corrected chi connectivity index (χ4v) is 2.16. The Morgan fingerprint density at radius 2 is 1.96 bits per heavy atom. The van der Waals surface area contributed by atoms with Crippen molar-refractivity contribution in [1.82, 2.24) is 20.4 Å². The molecule has 0 amide bonds. The molecule has 1 aromatic carbocycles. The molecule has 2 rings (SSSR count). The van der Waals surface area contributed by atoms with Crippen LogP contribution in [0.25, 0.3) is 0 Å². The second-order valence-corrected chi connectivity index (χ2v) is 5.38. The summed E-state index contributed by atoms with van der Waals surface area (Å²) < 4.78 is 1.83. The Bertz CT molecular complexity index is 609. The minimum atomic E-state index is 0. The summed E-state index contributed by atoms with van der Waals surface area (Å²) in [5.74, 6) is 0.817. The number of rotatable bonds is 6. The Morgan fingerprint density at radius 1 is 1.22 bits per heavy atom. The van der Waals surface area contributed by atoms with Crippen LogP contribution in [0.15, 0.2) is 41.5 Å². The van der Waals surface area contributed by atoms with E-state index < -0.39 is 0 Å². The molecular weight excluding hydrogens is 425 g/mol. The normalized spacial score (nSPS) is 11.0. The molecule has 0 radical (unpaired) electrons. The molecule has 0 saturated heterocycles. The molecule has 7 heteroatoms. The zero-order chi connectivity index (χ0) is 15.8. The van der Waals surface area contributed by atoms with Crippen molar-refractivity contribution in [1.29, 1.82) is 0 Å². The molecule has 1 aromatic heterocycles. The van der Waals surface area contributed by atoms with E-state index in [2.05, 4.69) is 27.6 Å². The van der Waals surface area contributed by atoms with Crippen LogP contribution in [0, 0.1) is 0 Å². The van der Waals surface area contributed by atoms with Gasteiger partial charge in [0, 0.05) is 31.4 Å². The van der Waals surface area contributed by atoms with Crippen molar-refractivity contribution in [2.75, 3.05) is 13.1 Å². The van der Waals surface area contributed by atoms with Crippen LogP contribution < -0.4 is 10.6 Å². The molecule has 2 N–H and O–H groups in total. The monoisotopic (exact) mass is 447 g/mol. The third kappa shape index (κ3) is 6.78. The van der Waals surface area contributed by atoms with E-state index >= 15 is 0 Å². The number of nitrogens with zero attached hydrogens (tertiary/aromatic N) is 3. The van der Waals surface area contributed by atoms with Crippen molar-refractivity contribution in [3.05, 3.63) is 52.8 Å².